The summed E-state index contributed by atoms with van der Waals surface area (Å²) in [5, 5.41) is 4.24. The van der Waals surface area contributed by atoms with Gasteiger partial charge in [-0.2, -0.15) is 5.10 Å². The first-order valence-electron chi connectivity index (χ1n) is 8.51. The maximum Gasteiger partial charge on any atom is 0.274 e. The number of carbonyl (C=O) groups excluding carboxylic acids is 1. The Morgan fingerprint density at radius 1 is 1.31 bits per heavy atom. The predicted molar refractivity (Wildman–Crippen MR) is 93.4 cm³/mol. The van der Waals surface area contributed by atoms with E-state index >= 15 is 0 Å². The molecule has 4 heterocycles. The third kappa shape index (κ3) is 3.44. The Kier molecular flexibility index (Phi) is 4.39. The summed E-state index contributed by atoms with van der Waals surface area (Å²) in [6.07, 6.45) is 7.09. The SMILES string of the molecule is Cn1ccc(C(=O)N2Cc3cncn3C[C@@H](COc3ccccn3)C2)n1. The van der Waals surface area contributed by atoms with Gasteiger partial charge in [-0.1, -0.05) is 6.07 Å². The summed E-state index contributed by atoms with van der Waals surface area (Å²) in [4.78, 5) is 23.1. The molecule has 3 aromatic heterocycles. The van der Waals surface area contributed by atoms with E-state index in [1.807, 2.05) is 23.1 Å². The smallest absolute Gasteiger partial charge is 0.274 e. The second kappa shape index (κ2) is 6.99. The highest BCUT2D eigenvalue weighted by molar-refractivity contribution is 5.92. The van der Waals surface area contributed by atoms with Gasteiger partial charge in [0.25, 0.3) is 5.91 Å². The van der Waals surface area contributed by atoms with Crippen molar-refractivity contribution in [3.8, 4) is 5.88 Å². The topological polar surface area (TPSA) is 78.1 Å². The minimum atomic E-state index is -0.0805. The monoisotopic (exact) mass is 352 g/mol. The van der Waals surface area contributed by atoms with Gasteiger partial charge in [0, 0.05) is 50.7 Å². The average molecular weight is 352 g/mol. The van der Waals surface area contributed by atoms with Crippen molar-refractivity contribution in [3.05, 3.63) is 60.6 Å². The zero-order chi connectivity index (χ0) is 17.9. The van der Waals surface area contributed by atoms with Crippen LogP contribution in [0.25, 0.3) is 0 Å². The van der Waals surface area contributed by atoms with Crippen LogP contribution in [0.5, 0.6) is 5.88 Å². The second-order valence-corrected chi connectivity index (χ2v) is 6.44. The first kappa shape index (κ1) is 16.3. The summed E-state index contributed by atoms with van der Waals surface area (Å²) in [5.74, 6) is 0.633. The van der Waals surface area contributed by atoms with Crippen molar-refractivity contribution in [2.75, 3.05) is 13.2 Å². The zero-order valence-electron chi connectivity index (χ0n) is 14.5. The van der Waals surface area contributed by atoms with Crippen LogP contribution in [0.15, 0.2) is 49.2 Å². The van der Waals surface area contributed by atoms with Gasteiger partial charge in [0.1, 0.15) is 5.69 Å². The first-order chi connectivity index (χ1) is 12.7. The van der Waals surface area contributed by atoms with Crippen LogP contribution in [-0.4, -0.2) is 48.3 Å². The van der Waals surface area contributed by atoms with E-state index in [9.17, 15) is 4.79 Å². The number of amides is 1. The Hall–Kier alpha value is -3.16. The standard InChI is InChI=1S/C18H20N6O2/c1-22-7-5-16(21-22)18(25)23-9-14(10-24-13-19-8-15(24)11-23)12-26-17-4-2-3-6-20-17/h2-8,13-14H,9-12H2,1H3/t14-/m0/s1. The van der Waals surface area contributed by atoms with Gasteiger partial charge in [-0.25, -0.2) is 9.97 Å². The highest BCUT2D eigenvalue weighted by Gasteiger charge is 2.27. The summed E-state index contributed by atoms with van der Waals surface area (Å²) in [6.45, 7) is 2.31. The van der Waals surface area contributed by atoms with Gasteiger partial charge in [0.15, 0.2) is 0 Å². The minimum Gasteiger partial charge on any atom is -0.477 e. The van der Waals surface area contributed by atoms with Crippen LogP contribution in [0.2, 0.25) is 0 Å². The lowest BCUT2D eigenvalue weighted by atomic mass is 10.1. The molecule has 0 unspecified atom stereocenters. The van der Waals surface area contributed by atoms with E-state index in [4.69, 9.17) is 4.74 Å². The fourth-order valence-electron chi connectivity index (χ4n) is 3.14. The van der Waals surface area contributed by atoms with E-state index in [-0.39, 0.29) is 11.8 Å². The summed E-state index contributed by atoms with van der Waals surface area (Å²) >= 11 is 0. The Balaban J connectivity index is 1.52. The average Bonchev–Trinajstić information content (AvgIpc) is 3.24. The van der Waals surface area contributed by atoms with Crippen molar-refractivity contribution < 1.29 is 9.53 Å². The Labute approximate surface area is 151 Å². The van der Waals surface area contributed by atoms with Crippen molar-refractivity contribution in [3.63, 3.8) is 0 Å². The van der Waals surface area contributed by atoms with Crippen LogP contribution in [0.3, 0.4) is 0 Å². The van der Waals surface area contributed by atoms with Gasteiger partial charge in [0.05, 0.1) is 25.2 Å². The van der Waals surface area contributed by atoms with E-state index in [2.05, 4.69) is 19.6 Å². The number of aromatic nitrogens is 5. The van der Waals surface area contributed by atoms with E-state index in [1.165, 1.54) is 0 Å². The third-order valence-electron chi connectivity index (χ3n) is 4.41. The quantitative estimate of drug-likeness (QED) is 0.708. The van der Waals surface area contributed by atoms with Crippen molar-refractivity contribution >= 4 is 5.91 Å². The molecule has 134 valence electrons. The van der Waals surface area contributed by atoms with E-state index < -0.39 is 0 Å². The molecule has 0 spiro atoms. The largest absolute Gasteiger partial charge is 0.477 e. The number of aryl methyl sites for hydroxylation is 1. The molecule has 0 aromatic carbocycles. The number of imidazole rings is 1. The van der Waals surface area contributed by atoms with Crippen molar-refractivity contribution in [2.24, 2.45) is 13.0 Å². The van der Waals surface area contributed by atoms with Crippen molar-refractivity contribution in [2.45, 2.75) is 13.1 Å². The van der Waals surface area contributed by atoms with E-state index in [0.29, 0.717) is 31.3 Å². The van der Waals surface area contributed by atoms with Gasteiger partial charge >= 0.3 is 0 Å². The van der Waals surface area contributed by atoms with Gasteiger partial charge < -0.3 is 14.2 Å². The molecule has 0 saturated carbocycles. The summed E-state index contributed by atoms with van der Waals surface area (Å²) in [6, 6.07) is 7.31. The van der Waals surface area contributed by atoms with Crippen LogP contribution in [0, 0.1) is 5.92 Å². The highest BCUT2D eigenvalue weighted by atomic mass is 16.5. The molecule has 0 fully saturated rings. The Morgan fingerprint density at radius 2 is 2.23 bits per heavy atom. The molecule has 4 rings (SSSR count). The molecule has 0 aliphatic carbocycles. The maximum absolute atomic E-state index is 12.9. The number of hydrogen-bond donors (Lipinski definition) is 0. The van der Waals surface area contributed by atoms with Gasteiger partial charge in [-0.3, -0.25) is 9.48 Å². The Bertz CT molecular complexity index is 888. The van der Waals surface area contributed by atoms with Gasteiger partial charge in [-0.15, -0.1) is 0 Å². The molecule has 3 aromatic rings. The first-order valence-corrected chi connectivity index (χ1v) is 8.51. The fourth-order valence-corrected chi connectivity index (χ4v) is 3.14. The molecule has 0 N–H and O–H groups in total. The number of hydrogen-bond acceptors (Lipinski definition) is 5. The fraction of sp³-hybridized carbons (Fsp3) is 0.333. The summed E-state index contributed by atoms with van der Waals surface area (Å²) in [5.41, 5.74) is 1.46. The molecule has 1 aliphatic rings. The van der Waals surface area contributed by atoms with E-state index in [0.717, 1.165) is 12.2 Å². The van der Waals surface area contributed by atoms with Crippen molar-refractivity contribution in [1.29, 1.82) is 0 Å². The number of nitrogens with zero attached hydrogens (tertiary/aromatic N) is 6. The lowest BCUT2D eigenvalue weighted by Crippen LogP contribution is -2.36. The molecule has 0 saturated heterocycles. The molecule has 26 heavy (non-hydrogen) atoms. The molecule has 0 bridgehead atoms. The zero-order valence-corrected chi connectivity index (χ0v) is 14.5. The normalized spacial score (nSPS) is 16.8. The number of carbonyl (C=O) groups is 1. The minimum absolute atomic E-state index is 0.0805. The molecular formula is C18H20N6O2. The molecule has 1 aliphatic heterocycles. The molecule has 8 heteroatoms. The summed E-state index contributed by atoms with van der Waals surface area (Å²) < 4.78 is 9.55. The van der Waals surface area contributed by atoms with E-state index in [1.54, 1.807) is 42.7 Å². The summed E-state index contributed by atoms with van der Waals surface area (Å²) in [7, 11) is 1.80. The third-order valence-corrected chi connectivity index (χ3v) is 4.41. The van der Waals surface area contributed by atoms with Crippen LogP contribution in [-0.2, 0) is 20.1 Å². The Morgan fingerprint density at radius 3 is 3.00 bits per heavy atom. The number of rotatable bonds is 4. The lowest BCUT2D eigenvalue weighted by molar-refractivity contribution is 0.0693. The molecule has 1 amide bonds. The number of fused-ring (bicyclic) bond motifs is 1. The molecular weight excluding hydrogens is 332 g/mol. The van der Waals surface area contributed by atoms with Crippen molar-refractivity contribution in [1.82, 2.24) is 29.2 Å². The molecule has 0 radical (unpaired) electrons. The number of pyridine rings is 1. The van der Waals surface area contributed by atoms with Crippen LogP contribution >= 0.6 is 0 Å². The molecule has 8 nitrogen and oxygen atoms in total. The predicted octanol–water partition coefficient (Wildman–Crippen LogP) is 1.36. The lowest BCUT2D eigenvalue weighted by Gasteiger charge is -2.23. The number of ether oxygens (including phenoxy) is 1. The van der Waals surface area contributed by atoms with Crippen LogP contribution in [0.1, 0.15) is 16.2 Å². The van der Waals surface area contributed by atoms with Gasteiger partial charge in [-0.05, 0) is 12.1 Å². The van der Waals surface area contributed by atoms with Crippen LogP contribution in [0.4, 0.5) is 0 Å². The maximum atomic E-state index is 12.9. The van der Waals surface area contributed by atoms with Gasteiger partial charge in [0.2, 0.25) is 5.88 Å². The molecule has 1 atom stereocenters. The second-order valence-electron chi connectivity index (χ2n) is 6.44. The van der Waals surface area contributed by atoms with Crippen LogP contribution < -0.4 is 4.74 Å². The highest BCUT2D eigenvalue weighted by Crippen LogP contribution is 2.19.